The van der Waals surface area contributed by atoms with Gasteiger partial charge >= 0.3 is 5.69 Å². The second kappa shape index (κ2) is 9.04. The lowest BCUT2D eigenvalue weighted by molar-refractivity contribution is -0.385. The van der Waals surface area contributed by atoms with Gasteiger partial charge in [-0.1, -0.05) is 12.1 Å². The van der Waals surface area contributed by atoms with Crippen molar-refractivity contribution >= 4 is 23.1 Å². The van der Waals surface area contributed by atoms with E-state index in [1.54, 1.807) is 0 Å². The van der Waals surface area contributed by atoms with Gasteiger partial charge in [0.05, 0.1) is 4.92 Å². The molecule has 9 nitrogen and oxygen atoms in total. The summed E-state index contributed by atoms with van der Waals surface area (Å²) in [6.45, 7) is 0.503. The minimum absolute atomic E-state index is 0.0991. The summed E-state index contributed by atoms with van der Waals surface area (Å²) in [5, 5.41) is 14.7. The minimum atomic E-state index is -0.483. The van der Waals surface area contributed by atoms with Gasteiger partial charge in [-0.2, -0.15) is 4.98 Å². The summed E-state index contributed by atoms with van der Waals surface area (Å²) < 4.78 is 0. The van der Waals surface area contributed by atoms with Gasteiger partial charge < -0.3 is 21.7 Å². The minimum Gasteiger partial charge on any atom is -0.378 e. The zero-order valence-corrected chi connectivity index (χ0v) is 17.0. The average molecular weight is 399 g/mol. The topological polar surface area (TPSA) is 136 Å². The lowest BCUT2D eigenvalue weighted by Gasteiger charge is -2.25. The zero-order valence-electron chi connectivity index (χ0n) is 17.0. The molecule has 1 aliphatic rings. The molecule has 1 aromatic carbocycles. The van der Waals surface area contributed by atoms with E-state index in [1.807, 2.05) is 43.3 Å². The molecule has 2 aromatic rings. The zero-order chi connectivity index (χ0) is 21.0. The molecular formula is C20H29N7O2. The van der Waals surface area contributed by atoms with Gasteiger partial charge in [-0.15, -0.1) is 0 Å². The second-order valence-corrected chi connectivity index (χ2v) is 7.88. The highest BCUT2D eigenvalue weighted by Gasteiger charge is 2.27. The van der Waals surface area contributed by atoms with Crippen molar-refractivity contribution in [1.29, 1.82) is 0 Å². The molecule has 0 amide bonds. The summed E-state index contributed by atoms with van der Waals surface area (Å²) in [5.41, 5.74) is 14.3. The molecule has 0 spiro atoms. The Morgan fingerprint density at radius 3 is 2.41 bits per heavy atom. The molecule has 0 aliphatic heterocycles. The van der Waals surface area contributed by atoms with Gasteiger partial charge in [-0.25, -0.2) is 4.98 Å². The van der Waals surface area contributed by atoms with Crippen molar-refractivity contribution in [3.63, 3.8) is 0 Å². The van der Waals surface area contributed by atoms with E-state index in [0.29, 0.717) is 30.5 Å². The summed E-state index contributed by atoms with van der Waals surface area (Å²) in [6.07, 6.45) is 4.29. The van der Waals surface area contributed by atoms with Crippen LogP contribution in [0.3, 0.4) is 0 Å². The van der Waals surface area contributed by atoms with Crippen LogP contribution in [-0.4, -0.2) is 35.0 Å². The molecule has 156 valence electrons. The van der Waals surface area contributed by atoms with Gasteiger partial charge in [0.1, 0.15) is 5.69 Å². The van der Waals surface area contributed by atoms with Crippen molar-refractivity contribution in [2.24, 2.45) is 11.7 Å². The summed E-state index contributed by atoms with van der Waals surface area (Å²) in [4.78, 5) is 21.6. The molecule has 0 atom stereocenters. The van der Waals surface area contributed by atoms with E-state index in [-0.39, 0.29) is 17.5 Å². The van der Waals surface area contributed by atoms with Crippen molar-refractivity contribution in [2.75, 3.05) is 30.0 Å². The van der Waals surface area contributed by atoms with E-state index >= 15 is 0 Å². The van der Waals surface area contributed by atoms with Gasteiger partial charge in [-0.3, -0.25) is 10.1 Å². The third-order valence-corrected chi connectivity index (χ3v) is 5.44. The number of benzene rings is 1. The molecule has 0 bridgehead atoms. The Kier molecular flexibility index (Phi) is 6.48. The van der Waals surface area contributed by atoms with Crippen molar-refractivity contribution in [3.8, 4) is 0 Å². The Hall–Kier alpha value is -2.94. The first-order valence-electron chi connectivity index (χ1n) is 9.90. The lowest BCUT2D eigenvalue weighted by Crippen LogP contribution is -2.27. The van der Waals surface area contributed by atoms with Crippen LogP contribution in [0, 0.1) is 16.0 Å². The van der Waals surface area contributed by atoms with Crippen molar-refractivity contribution in [3.05, 3.63) is 45.6 Å². The number of nitrogen functional groups attached to an aromatic ring is 1. The molecular weight excluding hydrogens is 370 g/mol. The normalized spacial score (nSPS) is 19.0. The molecule has 1 aliphatic carbocycles. The first-order chi connectivity index (χ1) is 13.8. The van der Waals surface area contributed by atoms with Crippen LogP contribution >= 0.6 is 0 Å². The fraction of sp³-hybridized carbons (Fsp3) is 0.500. The van der Waals surface area contributed by atoms with E-state index in [2.05, 4.69) is 15.3 Å². The number of anilines is 3. The quantitative estimate of drug-likeness (QED) is 0.477. The Morgan fingerprint density at radius 1 is 1.17 bits per heavy atom. The molecule has 3 rings (SSSR count). The van der Waals surface area contributed by atoms with E-state index in [9.17, 15) is 10.1 Å². The number of rotatable bonds is 7. The van der Waals surface area contributed by atoms with E-state index in [0.717, 1.165) is 36.9 Å². The van der Waals surface area contributed by atoms with Crippen LogP contribution in [0.2, 0.25) is 0 Å². The van der Waals surface area contributed by atoms with Crippen LogP contribution in [0.4, 0.5) is 23.1 Å². The molecule has 1 fully saturated rings. The van der Waals surface area contributed by atoms with Crippen LogP contribution in [0.1, 0.15) is 36.9 Å². The van der Waals surface area contributed by atoms with Crippen LogP contribution in [0.25, 0.3) is 0 Å². The number of nitrogens with zero attached hydrogens (tertiary/aromatic N) is 4. The number of nitro groups is 1. The summed E-state index contributed by atoms with van der Waals surface area (Å²) in [5.74, 6) is 0.541. The van der Waals surface area contributed by atoms with Gasteiger partial charge in [0.25, 0.3) is 0 Å². The van der Waals surface area contributed by atoms with E-state index in [1.165, 1.54) is 0 Å². The van der Waals surface area contributed by atoms with Gasteiger partial charge in [0.15, 0.2) is 0 Å². The van der Waals surface area contributed by atoms with Crippen molar-refractivity contribution in [1.82, 2.24) is 9.97 Å². The molecule has 0 saturated heterocycles. The molecule has 5 N–H and O–H groups in total. The van der Waals surface area contributed by atoms with E-state index in [4.69, 9.17) is 11.5 Å². The number of hydrogen-bond donors (Lipinski definition) is 3. The Bertz CT molecular complexity index is 847. The van der Waals surface area contributed by atoms with Crippen LogP contribution < -0.4 is 21.7 Å². The standard InChI is InChI=1S/C20H29N7O2/c1-26(2)16-9-5-14(6-10-16)12-23-20-24-17(18(27(28)29)19(22)25-20)11-13-3-7-15(21)8-4-13/h5-6,9-10,13,15H,3-4,7-8,11-12,21H2,1-2H3,(H3,22,23,24,25)/t13-,15-. The highest BCUT2D eigenvalue weighted by Crippen LogP contribution is 2.32. The van der Waals surface area contributed by atoms with Gasteiger partial charge in [0.2, 0.25) is 11.8 Å². The SMILES string of the molecule is CN(C)c1ccc(CNc2nc(N)c([N+](=O)[O-])c(C[C@H]3CC[C@H](N)CC3)n2)cc1. The Morgan fingerprint density at radius 2 is 1.83 bits per heavy atom. The van der Waals surface area contributed by atoms with Gasteiger partial charge in [-0.05, 0) is 55.7 Å². The first kappa shape index (κ1) is 20.8. The predicted molar refractivity (Wildman–Crippen MR) is 115 cm³/mol. The maximum Gasteiger partial charge on any atom is 0.332 e. The predicted octanol–water partition coefficient (Wildman–Crippen LogP) is 2.71. The van der Waals surface area contributed by atoms with Crippen LogP contribution in [0.5, 0.6) is 0 Å². The maximum absolute atomic E-state index is 11.5. The fourth-order valence-electron chi connectivity index (χ4n) is 3.70. The molecule has 1 aromatic heterocycles. The molecule has 9 heteroatoms. The molecule has 1 saturated carbocycles. The van der Waals surface area contributed by atoms with Crippen LogP contribution in [0.15, 0.2) is 24.3 Å². The molecule has 29 heavy (non-hydrogen) atoms. The molecule has 0 radical (unpaired) electrons. The average Bonchev–Trinajstić information content (AvgIpc) is 2.68. The molecule has 1 heterocycles. The summed E-state index contributed by atoms with van der Waals surface area (Å²) in [7, 11) is 3.98. The second-order valence-electron chi connectivity index (χ2n) is 7.88. The third kappa shape index (κ3) is 5.32. The summed E-state index contributed by atoms with van der Waals surface area (Å²) >= 11 is 0. The first-order valence-corrected chi connectivity index (χ1v) is 9.90. The number of nitrogens with one attached hydrogen (secondary N) is 1. The monoisotopic (exact) mass is 399 g/mol. The lowest BCUT2D eigenvalue weighted by atomic mass is 9.83. The van der Waals surface area contributed by atoms with E-state index < -0.39 is 4.92 Å². The smallest absolute Gasteiger partial charge is 0.332 e. The largest absolute Gasteiger partial charge is 0.378 e. The van der Waals surface area contributed by atoms with Gasteiger partial charge in [0, 0.05) is 32.4 Å². The summed E-state index contributed by atoms with van der Waals surface area (Å²) in [6, 6.07) is 8.32. The fourth-order valence-corrected chi connectivity index (χ4v) is 3.70. The molecule has 0 unspecified atom stereocenters. The van der Waals surface area contributed by atoms with Crippen LogP contribution in [-0.2, 0) is 13.0 Å². The Balaban J connectivity index is 1.75. The Labute approximate surface area is 170 Å². The highest BCUT2D eigenvalue weighted by atomic mass is 16.6. The number of hydrogen-bond acceptors (Lipinski definition) is 8. The number of aromatic nitrogens is 2. The number of nitrogens with two attached hydrogens (primary N) is 2. The highest BCUT2D eigenvalue weighted by molar-refractivity contribution is 5.58. The van der Waals surface area contributed by atoms with Crippen molar-refractivity contribution < 1.29 is 4.92 Å². The van der Waals surface area contributed by atoms with Crippen molar-refractivity contribution in [2.45, 2.75) is 44.7 Å². The maximum atomic E-state index is 11.5. The third-order valence-electron chi connectivity index (χ3n) is 5.44.